The first-order chi connectivity index (χ1) is 9.56. The van der Waals surface area contributed by atoms with Gasteiger partial charge >= 0.3 is 0 Å². The van der Waals surface area contributed by atoms with Gasteiger partial charge in [0.15, 0.2) is 0 Å². The molecule has 0 bridgehead atoms. The summed E-state index contributed by atoms with van der Waals surface area (Å²) >= 11 is 0. The van der Waals surface area contributed by atoms with E-state index < -0.39 is 0 Å². The van der Waals surface area contributed by atoms with Gasteiger partial charge in [-0.3, -0.25) is 9.59 Å². The number of nitrogens with one attached hydrogen (secondary N) is 2. The molecule has 0 aliphatic heterocycles. The summed E-state index contributed by atoms with van der Waals surface area (Å²) in [4.78, 5) is 23.1. The molecule has 0 aromatic heterocycles. The molecular weight excluding hydrogens is 256 g/mol. The molecule has 20 heavy (non-hydrogen) atoms. The number of carbonyl (C=O) groups excluding carboxylic acids is 2. The van der Waals surface area contributed by atoms with Crippen LogP contribution in [-0.4, -0.2) is 25.5 Å². The van der Waals surface area contributed by atoms with Crippen LogP contribution < -0.4 is 15.4 Å². The van der Waals surface area contributed by atoms with Crippen molar-refractivity contribution >= 4 is 11.8 Å². The van der Waals surface area contributed by atoms with Gasteiger partial charge in [-0.2, -0.15) is 0 Å². The summed E-state index contributed by atoms with van der Waals surface area (Å²) in [6.07, 6.45) is 0.763. The highest BCUT2D eigenvalue weighted by molar-refractivity contribution is 5.85. The van der Waals surface area contributed by atoms with Crippen molar-refractivity contribution in [2.45, 2.75) is 26.8 Å². The number of benzene rings is 1. The largest absolute Gasteiger partial charge is 0.497 e. The molecule has 0 radical (unpaired) electrons. The average molecular weight is 278 g/mol. The van der Waals surface area contributed by atoms with Crippen LogP contribution in [0.5, 0.6) is 5.75 Å². The van der Waals surface area contributed by atoms with Crippen molar-refractivity contribution in [2.24, 2.45) is 5.92 Å². The number of hydrogen-bond donors (Lipinski definition) is 2. The molecule has 0 spiro atoms. The van der Waals surface area contributed by atoms with Gasteiger partial charge in [0.05, 0.1) is 13.7 Å². The normalized spacial score (nSPS) is 11.6. The van der Waals surface area contributed by atoms with E-state index in [-0.39, 0.29) is 24.3 Å². The maximum atomic E-state index is 11.6. The lowest BCUT2D eigenvalue weighted by Crippen LogP contribution is -2.38. The number of rotatable bonds is 7. The van der Waals surface area contributed by atoms with Crippen molar-refractivity contribution < 1.29 is 14.3 Å². The molecule has 2 amide bonds. The van der Waals surface area contributed by atoms with Crippen LogP contribution in [0.25, 0.3) is 0 Å². The molecule has 0 heterocycles. The molecule has 110 valence electrons. The first kappa shape index (κ1) is 16.0. The molecule has 1 unspecified atom stereocenters. The number of ether oxygens (including phenoxy) is 1. The van der Waals surface area contributed by atoms with Gasteiger partial charge in [-0.25, -0.2) is 0 Å². The Morgan fingerprint density at radius 1 is 1.20 bits per heavy atom. The van der Waals surface area contributed by atoms with Crippen molar-refractivity contribution in [1.82, 2.24) is 10.6 Å². The van der Waals surface area contributed by atoms with Gasteiger partial charge in [0, 0.05) is 12.5 Å². The zero-order valence-electron chi connectivity index (χ0n) is 12.2. The van der Waals surface area contributed by atoms with Gasteiger partial charge in [0.1, 0.15) is 5.75 Å². The molecular formula is C15H22N2O3. The third kappa shape index (κ3) is 5.30. The SMILES string of the molecule is CCC(C)C(=O)NCC(=O)NCc1ccc(OC)cc1. The Hall–Kier alpha value is -2.04. The van der Waals surface area contributed by atoms with Crippen LogP contribution in [0.15, 0.2) is 24.3 Å². The Balaban J connectivity index is 2.30. The Kier molecular flexibility index (Phi) is 6.56. The summed E-state index contributed by atoms with van der Waals surface area (Å²) in [6.45, 7) is 4.22. The minimum Gasteiger partial charge on any atom is -0.497 e. The second-order valence-electron chi connectivity index (χ2n) is 4.65. The Morgan fingerprint density at radius 3 is 2.40 bits per heavy atom. The predicted octanol–water partition coefficient (Wildman–Crippen LogP) is 1.47. The zero-order chi connectivity index (χ0) is 15.0. The van der Waals surface area contributed by atoms with Gasteiger partial charge in [-0.15, -0.1) is 0 Å². The molecule has 1 aromatic carbocycles. The van der Waals surface area contributed by atoms with E-state index in [1.54, 1.807) is 7.11 Å². The first-order valence-electron chi connectivity index (χ1n) is 6.74. The van der Waals surface area contributed by atoms with E-state index in [1.165, 1.54) is 0 Å². The third-order valence-electron chi connectivity index (χ3n) is 3.13. The highest BCUT2D eigenvalue weighted by Gasteiger charge is 2.11. The second-order valence-corrected chi connectivity index (χ2v) is 4.65. The summed E-state index contributed by atoms with van der Waals surface area (Å²) < 4.78 is 5.06. The van der Waals surface area contributed by atoms with Gasteiger partial charge in [0.25, 0.3) is 0 Å². The topological polar surface area (TPSA) is 67.4 Å². The van der Waals surface area contributed by atoms with Gasteiger partial charge in [-0.1, -0.05) is 26.0 Å². The lowest BCUT2D eigenvalue weighted by molar-refractivity contribution is -0.128. The zero-order valence-corrected chi connectivity index (χ0v) is 12.2. The molecule has 1 aromatic rings. The third-order valence-corrected chi connectivity index (χ3v) is 3.13. The Labute approximate surface area is 119 Å². The fourth-order valence-corrected chi connectivity index (χ4v) is 1.53. The van der Waals surface area contributed by atoms with E-state index in [1.807, 2.05) is 38.1 Å². The van der Waals surface area contributed by atoms with Gasteiger partial charge < -0.3 is 15.4 Å². The summed E-state index contributed by atoms with van der Waals surface area (Å²) in [5.41, 5.74) is 0.979. The van der Waals surface area contributed by atoms with Crippen molar-refractivity contribution in [3.63, 3.8) is 0 Å². The standard InChI is InChI=1S/C15H22N2O3/c1-4-11(2)15(19)17-10-14(18)16-9-12-5-7-13(20-3)8-6-12/h5-8,11H,4,9-10H2,1-3H3,(H,16,18)(H,17,19). The van der Waals surface area contributed by atoms with Crippen molar-refractivity contribution in [3.8, 4) is 5.75 Å². The highest BCUT2D eigenvalue weighted by Crippen LogP contribution is 2.10. The second kappa shape index (κ2) is 8.19. The monoisotopic (exact) mass is 278 g/mol. The van der Waals surface area contributed by atoms with E-state index in [9.17, 15) is 9.59 Å². The molecule has 0 fully saturated rings. The van der Waals surface area contributed by atoms with E-state index in [4.69, 9.17) is 4.74 Å². The van der Waals surface area contributed by atoms with E-state index >= 15 is 0 Å². The molecule has 0 aliphatic carbocycles. The van der Waals surface area contributed by atoms with E-state index in [0.29, 0.717) is 6.54 Å². The molecule has 5 nitrogen and oxygen atoms in total. The summed E-state index contributed by atoms with van der Waals surface area (Å²) in [5.74, 6) is 0.426. The Bertz CT molecular complexity index is 443. The predicted molar refractivity (Wildman–Crippen MR) is 77.3 cm³/mol. The minimum absolute atomic E-state index is 0.0132. The number of hydrogen-bond acceptors (Lipinski definition) is 3. The number of carbonyl (C=O) groups is 2. The highest BCUT2D eigenvalue weighted by atomic mass is 16.5. The number of methoxy groups -OCH3 is 1. The van der Waals surface area contributed by atoms with Gasteiger partial charge in [0.2, 0.25) is 11.8 Å². The Morgan fingerprint density at radius 2 is 1.85 bits per heavy atom. The van der Waals surface area contributed by atoms with Crippen LogP contribution in [-0.2, 0) is 16.1 Å². The maximum absolute atomic E-state index is 11.6. The molecule has 0 saturated carbocycles. The molecule has 0 saturated heterocycles. The molecule has 1 atom stereocenters. The summed E-state index contributed by atoms with van der Waals surface area (Å²) in [7, 11) is 1.61. The van der Waals surface area contributed by atoms with Crippen LogP contribution in [0.3, 0.4) is 0 Å². The smallest absolute Gasteiger partial charge is 0.239 e. The van der Waals surface area contributed by atoms with Crippen molar-refractivity contribution in [1.29, 1.82) is 0 Å². The van der Waals surface area contributed by atoms with Crippen LogP contribution in [0.4, 0.5) is 0 Å². The quantitative estimate of drug-likeness (QED) is 0.793. The summed E-state index contributed by atoms with van der Waals surface area (Å²) in [6, 6.07) is 7.45. The van der Waals surface area contributed by atoms with E-state index in [2.05, 4.69) is 10.6 Å². The van der Waals surface area contributed by atoms with E-state index in [0.717, 1.165) is 17.7 Å². The lowest BCUT2D eigenvalue weighted by atomic mass is 10.1. The fourth-order valence-electron chi connectivity index (χ4n) is 1.53. The molecule has 0 aliphatic rings. The first-order valence-corrected chi connectivity index (χ1v) is 6.74. The molecule has 5 heteroatoms. The maximum Gasteiger partial charge on any atom is 0.239 e. The van der Waals surface area contributed by atoms with Crippen molar-refractivity contribution in [3.05, 3.63) is 29.8 Å². The van der Waals surface area contributed by atoms with Crippen LogP contribution in [0.2, 0.25) is 0 Å². The lowest BCUT2D eigenvalue weighted by Gasteiger charge is -2.10. The molecule has 2 N–H and O–H groups in total. The minimum atomic E-state index is -0.197. The number of amides is 2. The fraction of sp³-hybridized carbons (Fsp3) is 0.467. The summed E-state index contributed by atoms with van der Waals surface area (Å²) in [5, 5.41) is 5.37. The van der Waals surface area contributed by atoms with Gasteiger partial charge in [-0.05, 0) is 24.1 Å². The van der Waals surface area contributed by atoms with Crippen LogP contribution in [0.1, 0.15) is 25.8 Å². The average Bonchev–Trinajstić information content (AvgIpc) is 2.50. The van der Waals surface area contributed by atoms with Crippen LogP contribution >= 0.6 is 0 Å². The van der Waals surface area contributed by atoms with Crippen molar-refractivity contribution in [2.75, 3.05) is 13.7 Å². The molecule has 1 rings (SSSR count). The van der Waals surface area contributed by atoms with Crippen LogP contribution in [0, 0.1) is 5.92 Å².